The number of rotatable bonds is 3. The topological polar surface area (TPSA) is 46.8 Å². The van der Waals surface area contributed by atoms with Crippen molar-refractivity contribution in [2.45, 2.75) is 26.7 Å². The SMILES string of the molecule is Cc1cc(-c2ccccc2)n(-c2cc(N3CCC(C)CC3)ncn2)n1. The highest BCUT2D eigenvalue weighted by Gasteiger charge is 2.18. The maximum absolute atomic E-state index is 4.66. The van der Waals surface area contributed by atoms with Gasteiger partial charge < -0.3 is 4.90 Å². The molecule has 4 rings (SSSR count). The van der Waals surface area contributed by atoms with E-state index in [-0.39, 0.29) is 0 Å². The minimum Gasteiger partial charge on any atom is -0.356 e. The summed E-state index contributed by atoms with van der Waals surface area (Å²) >= 11 is 0. The Balaban J connectivity index is 1.70. The molecular formula is C20H23N5. The second kappa shape index (κ2) is 6.67. The van der Waals surface area contributed by atoms with Gasteiger partial charge in [-0.05, 0) is 31.7 Å². The van der Waals surface area contributed by atoms with Crippen molar-refractivity contribution in [1.82, 2.24) is 19.7 Å². The lowest BCUT2D eigenvalue weighted by Gasteiger charge is -2.31. The highest BCUT2D eigenvalue weighted by Crippen LogP contribution is 2.25. The number of benzene rings is 1. The van der Waals surface area contributed by atoms with Gasteiger partial charge in [0.25, 0.3) is 0 Å². The first-order chi connectivity index (χ1) is 12.2. The molecule has 0 N–H and O–H groups in total. The first-order valence-corrected chi connectivity index (χ1v) is 8.90. The van der Waals surface area contributed by atoms with Crippen molar-refractivity contribution < 1.29 is 0 Å². The molecule has 1 aliphatic heterocycles. The van der Waals surface area contributed by atoms with E-state index in [4.69, 9.17) is 0 Å². The van der Waals surface area contributed by atoms with Crippen LogP contribution in [0.15, 0.2) is 48.8 Å². The van der Waals surface area contributed by atoms with Crippen molar-refractivity contribution in [3.63, 3.8) is 0 Å². The van der Waals surface area contributed by atoms with Gasteiger partial charge in [0.15, 0.2) is 5.82 Å². The molecule has 0 aliphatic carbocycles. The molecule has 3 heterocycles. The van der Waals surface area contributed by atoms with Crippen LogP contribution in [-0.4, -0.2) is 32.8 Å². The Morgan fingerprint density at radius 1 is 0.960 bits per heavy atom. The highest BCUT2D eigenvalue weighted by molar-refractivity contribution is 5.62. The summed E-state index contributed by atoms with van der Waals surface area (Å²) in [5.74, 6) is 2.61. The molecule has 1 fully saturated rings. The zero-order valence-electron chi connectivity index (χ0n) is 14.8. The van der Waals surface area contributed by atoms with Crippen LogP contribution < -0.4 is 4.90 Å². The molecule has 25 heavy (non-hydrogen) atoms. The van der Waals surface area contributed by atoms with Crippen LogP contribution in [0.3, 0.4) is 0 Å². The van der Waals surface area contributed by atoms with Crippen LogP contribution in [-0.2, 0) is 0 Å². The number of aromatic nitrogens is 4. The van der Waals surface area contributed by atoms with Gasteiger partial charge in [-0.3, -0.25) is 0 Å². The minimum atomic E-state index is 0.802. The van der Waals surface area contributed by atoms with Crippen LogP contribution in [0.25, 0.3) is 17.1 Å². The number of nitrogens with zero attached hydrogens (tertiary/aromatic N) is 5. The van der Waals surface area contributed by atoms with E-state index in [9.17, 15) is 0 Å². The fourth-order valence-corrected chi connectivity index (χ4v) is 3.35. The standard InChI is InChI=1S/C20H23N5/c1-15-8-10-24(11-9-15)19-13-20(22-14-21-19)25-18(12-16(2)23-25)17-6-4-3-5-7-17/h3-7,12-15H,8-11H2,1-2H3. The van der Waals surface area contributed by atoms with E-state index < -0.39 is 0 Å². The summed E-state index contributed by atoms with van der Waals surface area (Å²) in [6.45, 7) is 6.45. The summed E-state index contributed by atoms with van der Waals surface area (Å²) in [5, 5.41) is 4.66. The van der Waals surface area contributed by atoms with Gasteiger partial charge in [0, 0.05) is 24.7 Å². The maximum atomic E-state index is 4.66. The molecule has 1 aromatic carbocycles. The van der Waals surface area contributed by atoms with Gasteiger partial charge in [-0.1, -0.05) is 37.3 Å². The van der Waals surface area contributed by atoms with E-state index in [1.807, 2.05) is 29.8 Å². The van der Waals surface area contributed by atoms with Gasteiger partial charge in [0.2, 0.25) is 0 Å². The molecule has 5 heteroatoms. The quantitative estimate of drug-likeness (QED) is 0.730. The van der Waals surface area contributed by atoms with Gasteiger partial charge in [-0.25, -0.2) is 14.6 Å². The molecular weight excluding hydrogens is 310 g/mol. The lowest BCUT2D eigenvalue weighted by Crippen LogP contribution is -2.33. The van der Waals surface area contributed by atoms with Crippen molar-refractivity contribution >= 4 is 5.82 Å². The van der Waals surface area contributed by atoms with Gasteiger partial charge in [0.1, 0.15) is 12.1 Å². The van der Waals surface area contributed by atoms with Crippen LogP contribution in [0, 0.1) is 12.8 Å². The number of piperidine rings is 1. The fraction of sp³-hybridized carbons (Fsp3) is 0.350. The van der Waals surface area contributed by atoms with E-state index in [2.05, 4.69) is 51.2 Å². The molecule has 1 aliphatic rings. The first kappa shape index (κ1) is 15.8. The van der Waals surface area contributed by atoms with Crippen LogP contribution in [0.4, 0.5) is 5.82 Å². The molecule has 0 bridgehead atoms. The summed E-state index contributed by atoms with van der Waals surface area (Å²) in [7, 11) is 0. The third-order valence-electron chi connectivity index (χ3n) is 4.86. The van der Waals surface area contributed by atoms with Crippen LogP contribution in [0.1, 0.15) is 25.5 Å². The van der Waals surface area contributed by atoms with Crippen molar-refractivity contribution in [2.75, 3.05) is 18.0 Å². The van der Waals surface area contributed by atoms with Crippen molar-refractivity contribution in [2.24, 2.45) is 5.92 Å². The number of hydrogen-bond donors (Lipinski definition) is 0. The summed E-state index contributed by atoms with van der Waals surface area (Å²) < 4.78 is 1.92. The molecule has 128 valence electrons. The van der Waals surface area contributed by atoms with E-state index in [0.717, 1.165) is 47.6 Å². The predicted molar refractivity (Wildman–Crippen MR) is 99.9 cm³/mol. The smallest absolute Gasteiger partial charge is 0.159 e. The average Bonchev–Trinajstić information content (AvgIpc) is 3.05. The van der Waals surface area contributed by atoms with Gasteiger partial charge in [-0.15, -0.1) is 0 Å². The third kappa shape index (κ3) is 3.27. The summed E-state index contributed by atoms with van der Waals surface area (Å²) in [6.07, 6.45) is 4.08. The molecule has 0 atom stereocenters. The van der Waals surface area contributed by atoms with Crippen LogP contribution in [0.5, 0.6) is 0 Å². The Labute approximate surface area is 148 Å². The average molecular weight is 333 g/mol. The highest BCUT2D eigenvalue weighted by atomic mass is 15.3. The van der Waals surface area contributed by atoms with Gasteiger partial charge >= 0.3 is 0 Å². The van der Waals surface area contributed by atoms with Crippen molar-refractivity contribution in [3.05, 3.63) is 54.5 Å². The van der Waals surface area contributed by atoms with E-state index in [1.165, 1.54) is 12.8 Å². The number of anilines is 1. The lowest BCUT2D eigenvalue weighted by molar-refractivity contribution is 0.436. The third-order valence-corrected chi connectivity index (χ3v) is 4.86. The molecule has 0 unspecified atom stereocenters. The van der Waals surface area contributed by atoms with Gasteiger partial charge in [0.05, 0.1) is 11.4 Å². The second-order valence-corrected chi connectivity index (χ2v) is 6.85. The molecule has 5 nitrogen and oxygen atoms in total. The molecule has 0 amide bonds. The predicted octanol–water partition coefficient (Wildman–Crippen LogP) is 3.87. The molecule has 2 aromatic heterocycles. The lowest BCUT2D eigenvalue weighted by atomic mass is 9.99. The van der Waals surface area contributed by atoms with E-state index in [0.29, 0.717) is 0 Å². The Hall–Kier alpha value is -2.69. The summed E-state index contributed by atoms with van der Waals surface area (Å²) in [6, 6.07) is 14.5. The Morgan fingerprint density at radius 2 is 1.68 bits per heavy atom. The van der Waals surface area contributed by atoms with Crippen molar-refractivity contribution in [1.29, 1.82) is 0 Å². The number of hydrogen-bond acceptors (Lipinski definition) is 4. The molecule has 0 radical (unpaired) electrons. The van der Waals surface area contributed by atoms with E-state index in [1.54, 1.807) is 6.33 Å². The molecule has 1 saturated heterocycles. The second-order valence-electron chi connectivity index (χ2n) is 6.85. The largest absolute Gasteiger partial charge is 0.356 e. The van der Waals surface area contributed by atoms with E-state index >= 15 is 0 Å². The fourth-order valence-electron chi connectivity index (χ4n) is 3.35. The van der Waals surface area contributed by atoms with Crippen molar-refractivity contribution in [3.8, 4) is 17.1 Å². The zero-order valence-corrected chi connectivity index (χ0v) is 14.8. The maximum Gasteiger partial charge on any atom is 0.159 e. The summed E-state index contributed by atoms with van der Waals surface area (Å²) in [5.41, 5.74) is 3.16. The first-order valence-electron chi connectivity index (χ1n) is 8.90. The number of aryl methyl sites for hydroxylation is 1. The molecule has 0 spiro atoms. The van der Waals surface area contributed by atoms with Crippen LogP contribution >= 0.6 is 0 Å². The Bertz CT molecular complexity index is 848. The molecule has 0 saturated carbocycles. The molecule has 3 aromatic rings. The minimum absolute atomic E-state index is 0.802. The zero-order chi connectivity index (χ0) is 17.2. The summed E-state index contributed by atoms with van der Waals surface area (Å²) in [4.78, 5) is 11.3. The Kier molecular flexibility index (Phi) is 4.22. The Morgan fingerprint density at radius 3 is 2.44 bits per heavy atom. The van der Waals surface area contributed by atoms with Crippen LogP contribution in [0.2, 0.25) is 0 Å². The normalized spacial score (nSPS) is 15.5. The monoisotopic (exact) mass is 333 g/mol. The van der Waals surface area contributed by atoms with Gasteiger partial charge in [-0.2, -0.15) is 5.10 Å².